The maximum atomic E-state index is 13.4. The van der Waals surface area contributed by atoms with Crippen LogP contribution in [0.5, 0.6) is 5.75 Å². The summed E-state index contributed by atoms with van der Waals surface area (Å²) < 4.78 is 45.7. The molecule has 0 amide bonds. The molecule has 0 spiro atoms. The zero-order chi connectivity index (χ0) is 18.0. The van der Waals surface area contributed by atoms with Crippen molar-refractivity contribution in [3.05, 3.63) is 53.3 Å². The molecule has 130 valence electrons. The number of methoxy groups -OCH3 is 1. The summed E-state index contributed by atoms with van der Waals surface area (Å²) in [5.41, 5.74) is 0.746. The first-order valence-electron chi connectivity index (χ1n) is 6.85. The summed E-state index contributed by atoms with van der Waals surface area (Å²) in [6.07, 6.45) is 0. The van der Waals surface area contributed by atoms with Crippen molar-refractivity contribution in [2.75, 3.05) is 11.8 Å². The lowest BCUT2D eigenvalue weighted by atomic mass is 10.2. The van der Waals surface area contributed by atoms with E-state index in [0.717, 1.165) is 29.0 Å². The Morgan fingerprint density at radius 1 is 1.16 bits per heavy atom. The van der Waals surface area contributed by atoms with E-state index in [4.69, 9.17) is 16.3 Å². The van der Waals surface area contributed by atoms with Crippen LogP contribution in [0.3, 0.4) is 0 Å². The lowest BCUT2D eigenvalue weighted by molar-refractivity contribution is 0.401. The van der Waals surface area contributed by atoms with Crippen LogP contribution in [-0.2, 0) is 10.0 Å². The molecule has 1 heterocycles. The predicted molar refractivity (Wildman–Crippen MR) is 94.1 cm³/mol. The third-order valence-corrected chi connectivity index (χ3v) is 5.78. The Morgan fingerprint density at radius 2 is 1.88 bits per heavy atom. The SMILES string of the molecule is COc1ccc(F)cc1S(=O)(=O)Nc1nnc(-c2ccc(Cl)cc2)s1. The van der Waals surface area contributed by atoms with Gasteiger partial charge in [-0.25, -0.2) is 12.8 Å². The zero-order valence-electron chi connectivity index (χ0n) is 12.7. The topological polar surface area (TPSA) is 81.2 Å². The van der Waals surface area contributed by atoms with Gasteiger partial charge < -0.3 is 4.74 Å². The van der Waals surface area contributed by atoms with Gasteiger partial charge in [-0.1, -0.05) is 35.1 Å². The Bertz CT molecular complexity index is 1010. The first-order chi connectivity index (χ1) is 11.9. The van der Waals surface area contributed by atoms with E-state index in [9.17, 15) is 12.8 Å². The molecule has 0 fully saturated rings. The van der Waals surface area contributed by atoms with Crippen molar-refractivity contribution in [3.63, 3.8) is 0 Å². The van der Waals surface area contributed by atoms with E-state index in [0.29, 0.717) is 10.0 Å². The minimum Gasteiger partial charge on any atom is -0.495 e. The number of sulfonamides is 1. The molecule has 0 atom stereocenters. The molecule has 0 saturated heterocycles. The monoisotopic (exact) mass is 399 g/mol. The lowest BCUT2D eigenvalue weighted by Crippen LogP contribution is -2.14. The minimum atomic E-state index is -4.08. The Kier molecular flexibility index (Phi) is 4.89. The van der Waals surface area contributed by atoms with Gasteiger partial charge >= 0.3 is 0 Å². The third kappa shape index (κ3) is 3.89. The summed E-state index contributed by atoms with van der Waals surface area (Å²) in [4.78, 5) is -0.321. The number of aromatic nitrogens is 2. The molecule has 1 aromatic heterocycles. The minimum absolute atomic E-state index is 0.0244. The fourth-order valence-electron chi connectivity index (χ4n) is 2.00. The largest absolute Gasteiger partial charge is 0.495 e. The highest BCUT2D eigenvalue weighted by atomic mass is 35.5. The van der Waals surface area contributed by atoms with Gasteiger partial charge in [-0.05, 0) is 30.3 Å². The Labute approximate surface area is 152 Å². The summed E-state index contributed by atoms with van der Waals surface area (Å²) in [6.45, 7) is 0. The van der Waals surface area contributed by atoms with Crippen LogP contribution in [-0.4, -0.2) is 25.7 Å². The Hall–Kier alpha value is -2.23. The van der Waals surface area contributed by atoms with Crippen molar-refractivity contribution in [1.29, 1.82) is 0 Å². The molecule has 0 aliphatic heterocycles. The second kappa shape index (κ2) is 6.95. The number of nitrogens with zero attached hydrogens (tertiary/aromatic N) is 2. The smallest absolute Gasteiger partial charge is 0.267 e. The van der Waals surface area contributed by atoms with Crippen molar-refractivity contribution in [2.24, 2.45) is 0 Å². The summed E-state index contributed by atoms with van der Waals surface area (Å²) in [7, 11) is -2.78. The number of hydrogen-bond donors (Lipinski definition) is 1. The predicted octanol–water partition coefficient (Wildman–Crippen LogP) is 3.81. The van der Waals surface area contributed by atoms with Gasteiger partial charge in [-0.2, -0.15) is 0 Å². The molecule has 1 N–H and O–H groups in total. The third-order valence-electron chi connectivity index (χ3n) is 3.15. The van der Waals surface area contributed by atoms with Crippen LogP contribution >= 0.6 is 22.9 Å². The van der Waals surface area contributed by atoms with Crippen molar-refractivity contribution in [3.8, 4) is 16.3 Å². The van der Waals surface area contributed by atoms with Gasteiger partial charge in [-0.3, -0.25) is 4.72 Å². The van der Waals surface area contributed by atoms with E-state index >= 15 is 0 Å². The zero-order valence-corrected chi connectivity index (χ0v) is 15.1. The molecular weight excluding hydrogens is 389 g/mol. The summed E-state index contributed by atoms with van der Waals surface area (Å²) in [5, 5.41) is 8.90. The summed E-state index contributed by atoms with van der Waals surface area (Å²) >= 11 is 6.87. The number of benzene rings is 2. The van der Waals surface area contributed by atoms with Crippen LogP contribution in [0.2, 0.25) is 5.02 Å². The van der Waals surface area contributed by atoms with E-state index in [-0.39, 0.29) is 15.8 Å². The molecule has 10 heteroatoms. The molecule has 3 aromatic rings. The standard InChI is InChI=1S/C15H11ClFN3O3S2/c1-23-12-7-6-11(17)8-13(12)25(21,22)20-15-19-18-14(24-15)9-2-4-10(16)5-3-9/h2-8H,1H3,(H,19,20). The van der Waals surface area contributed by atoms with E-state index < -0.39 is 15.8 Å². The first kappa shape index (κ1) is 17.6. The number of nitrogens with one attached hydrogen (secondary N) is 1. The van der Waals surface area contributed by atoms with Crippen LogP contribution in [0.25, 0.3) is 10.6 Å². The van der Waals surface area contributed by atoms with Crippen molar-refractivity contribution >= 4 is 38.1 Å². The van der Waals surface area contributed by atoms with Crippen molar-refractivity contribution in [2.45, 2.75) is 4.90 Å². The van der Waals surface area contributed by atoms with Crippen LogP contribution in [0.4, 0.5) is 9.52 Å². The number of hydrogen-bond acceptors (Lipinski definition) is 6. The van der Waals surface area contributed by atoms with Crippen LogP contribution in [0.1, 0.15) is 0 Å². The van der Waals surface area contributed by atoms with Gasteiger partial charge in [0.05, 0.1) is 7.11 Å². The van der Waals surface area contributed by atoms with Gasteiger partial charge in [0.25, 0.3) is 10.0 Å². The van der Waals surface area contributed by atoms with E-state index in [2.05, 4.69) is 14.9 Å². The first-order valence-corrected chi connectivity index (χ1v) is 9.52. The average Bonchev–Trinajstić information content (AvgIpc) is 3.03. The Morgan fingerprint density at radius 3 is 2.56 bits per heavy atom. The molecule has 0 radical (unpaired) electrons. The van der Waals surface area contributed by atoms with Gasteiger partial charge in [0.2, 0.25) is 5.13 Å². The molecule has 0 unspecified atom stereocenters. The van der Waals surface area contributed by atoms with Gasteiger partial charge in [-0.15, -0.1) is 10.2 Å². The van der Waals surface area contributed by atoms with Crippen molar-refractivity contribution < 1.29 is 17.5 Å². The summed E-state index contributed by atoms with van der Waals surface area (Å²) in [6, 6.07) is 10.1. The second-order valence-electron chi connectivity index (χ2n) is 4.82. The van der Waals surface area contributed by atoms with Gasteiger partial charge in [0, 0.05) is 10.6 Å². The molecule has 6 nitrogen and oxygen atoms in total. The molecule has 0 saturated carbocycles. The van der Waals surface area contributed by atoms with Crippen LogP contribution in [0, 0.1) is 5.82 Å². The average molecular weight is 400 g/mol. The molecular formula is C15H11ClFN3O3S2. The number of halogens is 2. The highest BCUT2D eigenvalue weighted by Gasteiger charge is 2.22. The Balaban J connectivity index is 1.90. The van der Waals surface area contributed by atoms with E-state index in [1.807, 2.05) is 0 Å². The normalized spacial score (nSPS) is 11.3. The fraction of sp³-hybridized carbons (Fsp3) is 0.0667. The van der Waals surface area contributed by atoms with Gasteiger partial charge in [0.1, 0.15) is 21.5 Å². The second-order valence-corrected chi connectivity index (χ2v) is 7.88. The maximum absolute atomic E-state index is 13.4. The van der Waals surface area contributed by atoms with Gasteiger partial charge in [0.15, 0.2) is 0 Å². The highest BCUT2D eigenvalue weighted by molar-refractivity contribution is 7.93. The molecule has 3 rings (SSSR count). The van der Waals surface area contributed by atoms with Crippen molar-refractivity contribution in [1.82, 2.24) is 10.2 Å². The number of rotatable bonds is 5. The molecule has 0 aliphatic rings. The summed E-state index contributed by atoms with van der Waals surface area (Å²) in [5.74, 6) is -0.670. The van der Waals surface area contributed by atoms with Crippen LogP contribution in [0.15, 0.2) is 47.4 Å². The highest BCUT2D eigenvalue weighted by Crippen LogP contribution is 2.30. The molecule has 0 bridgehead atoms. The number of anilines is 1. The quantitative estimate of drug-likeness (QED) is 0.705. The van der Waals surface area contributed by atoms with Crippen LogP contribution < -0.4 is 9.46 Å². The van der Waals surface area contributed by atoms with E-state index in [1.54, 1.807) is 24.3 Å². The molecule has 2 aromatic carbocycles. The lowest BCUT2D eigenvalue weighted by Gasteiger charge is -2.09. The maximum Gasteiger partial charge on any atom is 0.267 e. The molecule has 25 heavy (non-hydrogen) atoms. The van der Waals surface area contributed by atoms with E-state index in [1.165, 1.54) is 13.2 Å². The fourth-order valence-corrected chi connectivity index (χ4v) is 4.29. The molecule has 0 aliphatic carbocycles. The number of ether oxygens (including phenoxy) is 1.